The van der Waals surface area contributed by atoms with E-state index in [2.05, 4.69) is 33.9 Å². The van der Waals surface area contributed by atoms with Crippen molar-refractivity contribution >= 4 is 8.32 Å². The van der Waals surface area contributed by atoms with Crippen molar-refractivity contribution in [1.29, 1.82) is 0 Å². The molecule has 3 atom stereocenters. The molecule has 6 heteroatoms. The van der Waals surface area contributed by atoms with Crippen molar-refractivity contribution in [2.75, 3.05) is 20.3 Å². The predicted molar refractivity (Wildman–Crippen MR) is 110 cm³/mol. The van der Waals surface area contributed by atoms with E-state index in [0.717, 1.165) is 17.7 Å². The maximum atomic E-state index is 9.27. The van der Waals surface area contributed by atoms with Gasteiger partial charge in [-0.3, -0.25) is 0 Å². The number of methoxy groups -OCH3 is 1. The number of hydrogen-bond donors (Lipinski definition) is 1. The van der Waals surface area contributed by atoms with Gasteiger partial charge in [-0.1, -0.05) is 32.9 Å². The van der Waals surface area contributed by atoms with Crippen LogP contribution in [0.1, 0.15) is 39.2 Å². The van der Waals surface area contributed by atoms with Crippen molar-refractivity contribution in [2.24, 2.45) is 0 Å². The maximum Gasteiger partial charge on any atom is 0.192 e. The Labute approximate surface area is 165 Å². The molecule has 27 heavy (non-hydrogen) atoms. The first-order valence-electron chi connectivity index (χ1n) is 9.81. The third-order valence-corrected chi connectivity index (χ3v) is 10.2. The third-order valence-electron chi connectivity index (χ3n) is 5.69. The Bertz CT molecular complexity index is 567. The molecule has 154 valence electrons. The molecule has 1 aromatic rings. The van der Waals surface area contributed by atoms with Gasteiger partial charge in [-0.05, 0) is 42.2 Å². The molecular formula is C21H36O5Si. The van der Waals surface area contributed by atoms with Gasteiger partial charge in [0, 0.05) is 13.0 Å². The largest absolute Gasteiger partial charge is 0.497 e. The molecule has 0 bridgehead atoms. The summed E-state index contributed by atoms with van der Waals surface area (Å²) in [5, 5.41) is 9.42. The first kappa shape index (κ1) is 22.4. The second-order valence-corrected chi connectivity index (χ2v) is 13.6. The van der Waals surface area contributed by atoms with E-state index < -0.39 is 8.32 Å². The monoisotopic (exact) mass is 396 g/mol. The van der Waals surface area contributed by atoms with Gasteiger partial charge in [-0.2, -0.15) is 0 Å². The summed E-state index contributed by atoms with van der Waals surface area (Å²) >= 11 is 0. The van der Waals surface area contributed by atoms with E-state index in [0.29, 0.717) is 19.6 Å². The average Bonchev–Trinajstić information content (AvgIpc) is 2.95. The lowest BCUT2D eigenvalue weighted by Gasteiger charge is -2.39. The van der Waals surface area contributed by atoms with Gasteiger partial charge in [0.25, 0.3) is 0 Å². The zero-order valence-electron chi connectivity index (χ0n) is 17.7. The van der Waals surface area contributed by atoms with E-state index in [1.807, 2.05) is 24.3 Å². The lowest BCUT2D eigenvalue weighted by atomic mass is 10.1. The van der Waals surface area contributed by atoms with Crippen LogP contribution in [0.3, 0.4) is 0 Å². The summed E-state index contributed by atoms with van der Waals surface area (Å²) in [7, 11) is -0.229. The molecule has 0 aliphatic carbocycles. The van der Waals surface area contributed by atoms with Gasteiger partial charge in [0.2, 0.25) is 0 Å². The molecule has 1 saturated heterocycles. The molecule has 1 aliphatic rings. The molecule has 0 radical (unpaired) electrons. The molecule has 0 amide bonds. The molecule has 0 unspecified atom stereocenters. The Hall–Kier alpha value is -0.923. The zero-order chi connectivity index (χ0) is 20.1. The summed E-state index contributed by atoms with van der Waals surface area (Å²) in [5.74, 6) is 0.840. The van der Waals surface area contributed by atoms with Crippen molar-refractivity contribution in [2.45, 2.75) is 76.7 Å². The summed E-state index contributed by atoms with van der Waals surface area (Å²) in [6.07, 6.45) is 1.45. The van der Waals surface area contributed by atoms with Crippen LogP contribution in [-0.2, 0) is 20.5 Å². The summed E-state index contributed by atoms with van der Waals surface area (Å²) in [6.45, 7) is 12.4. The van der Waals surface area contributed by atoms with Crippen LogP contribution in [0.5, 0.6) is 5.75 Å². The smallest absolute Gasteiger partial charge is 0.192 e. The first-order chi connectivity index (χ1) is 12.7. The third kappa shape index (κ3) is 6.29. The minimum absolute atomic E-state index is 0.0262. The van der Waals surface area contributed by atoms with Crippen LogP contribution >= 0.6 is 0 Å². The Morgan fingerprint density at radius 2 is 1.85 bits per heavy atom. The van der Waals surface area contributed by atoms with E-state index in [1.165, 1.54) is 0 Å². The van der Waals surface area contributed by atoms with Crippen molar-refractivity contribution in [3.63, 3.8) is 0 Å². The number of ether oxygens (including phenoxy) is 3. The Morgan fingerprint density at radius 3 is 2.41 bits per heavy atom. The summed E-state index contributed by atoms with van der Waals surface area (Å²) in [5.41, 5.74) is 1.10. The van der Waals surface area contributed by atoms with Gasteiger partial charge in [-0.25, -0.2) is 0 Å². The molecule has 0 saturated carbocycles. The molecule has 0 aromatic heterocycles. The summed E-state index contributed by atoms with van der Waals surface area (Å²) < 4.78 is 23.9. The Morgan fingerprint density at radius 1 is 1.19 bits per heavy atom. The standard InChI is InChI=1S/C21H36O5Si/c1-21(2,3)27(5,6)26-19-13-18(11-12-22)25-20(19)15-24-14-16-7-9-17(23-4)10-8-16/h7-10,18-20,22H,11-15H2,1-6H3/t18-,19-,20-/m0/s1. The van der Waals surface area contributed by atoms with E-state index in [-0.39, 0.29) is 30.0 Å². The Balaban J connectivity index is 1.94. The molecule has 0 spiro atoms. The number of rotatable bonds is 9. The maximum absolute atomic E-state index is 9.27. The van der Waals surface area contributed by atoms with E-state index in [4.69, 9.17) is 18.6 Å². The number of hydrogen-bond acceptors (Lipinski definition) is 5. The van der Waals surface area contributed by atoms with Crippen LogP contribution in [0.25, 0.3) is 0 Å². The highest BCUT2D eigenvalue weighted by Gasteiger charge is 2.44. The minimum atomic E-state index is -1.89. The highest BCUT2D eigenvalue weighted by atomic mass is 28.4. The quantitative estimate of drug-likeness (QED) is 0.636. The van der Waals surface area contributed by atoms with Crippen LogP contribution < -0.4 is 4.74 Å². The van der Waals surface area contributed by atoms with Gasteiger partial charge < -0.3 is 23.7 Å². The molecule has 1 heterocycles. The molecule has 5 nitrogen and oxygen atoms in total. The fourth-order valence-corrected chi connectivity index (χ4v) is 4.33. The molecule has 1 fully saturated rings. The topological polar surface area (TPSA) is 57.2 Å². The zero-order valence-corrected chi connectivity index (χ0v) is 18.7. The van der Waals surface area contributed by atoms with Crippen LogP contribution in [0.4, 0.5) is 0 Å². The molecular weight excluding hydrogens is 360 g/mol. The van der Waals surface area contributed by atoms with Crippen molar-refractivity contribution in [1.82, 2.24) is 0 Å². The average molecular weight is 397 g/mol. The van der Waals surface area contributed by atoms with E-state index in [1.54, 1.807) is 7.11 Å². The number of aliphatic hydroxyl groups excluding tert-OH is 1. The molecule has 1 aromatic carbocycles. The number of benzene rings is 1. The molecule has 1 aliphatic heterocycles. The first-order valence-corrected chi connectivity index (χ1v) is 12.7. The van der Waals surface area contributed by atoms with E-state index in [9.17, 15) is 5.11 Å². The van der Waals surface area contributed by atoms with Gasteiger partial charge >= 0.3 is 0 Å². The predicted octanol–water partition coefficient (Wildman–Crippen LogP) is 4.14. The highest BCUT2D eigenvalue weighted by Crippen LogP contribution is 2.40. The van der Waals surface area contributed by atoms with E-state index >= 15 is 0 Å². The molecule has 1 N–H and O–H groups in total. The van der Waals surface area contributed by atoms with Gasteiger partial charge in [0.05, 0.1) is 32.5 Å². The fourth-order valence-electron chi connectivity index (χ4n) is 2.97. The van der Waals surface area contributed by atoms with Gasteiger partial charge in [0.1, 0.15) is 11.9 Å². The second-order valence-electron chi connectivity index (χ2n) is 8.82. The van der Waals surface area contributed by atoms with Crippen LogP contribution in [0.15, 0.2) is 24.3 Å². The van der Waals surface area contributed by atoms with Crippen LogP contribution in [0, 0.1) is 0 Å². The summed E-state index contributed by atoms with van der Waals surface area (Å²) in [4.78, 5) is 0. The van der Waals surface area contributed by atoms with Crippen molar-refractivity contribution in [3.8, 4) is 5.75 Å². The number of aliphatic hydroxyl groups is 1. The lowest BCUT2D eigenvalue weighted by molar-refractivity contribution is -0.0493. The van der Waals surface area contributed by atoms with Gasteiger partial charge in [0.15, 0.2) is 8.32 Å². The second kappa shape index (κ2) is 9.52. The van der Waals surface area contributed by atoms with Crippen molar-refractivity contribution < 1.29 is 23.7 Å². The Kier molecular flexibility index (Phi) is 7.89. The van der Waals surface area contributed by atoms with Crippen LogP contribution in [-0.4, -0.2) is 52.1 Å². The SMILES string of the molecule is COc1ccc(COC[C@@H]2O[C@@H](CCO)C[C@@H]2O[Si](C)(C)C(C)(C)C)cc1. The summed E-state index contributed by atoms with van der Waals surface area (Å²) in [6, 6.07) is 7.88. The lowest BCUT2D eigenvalue weighted by Crippen LogP contribution is -2.46. The van der Waals surface area contributed by atoms with Crippen LogP contribution in [0.2, 0.25) is 18.1 Å². The minimum Gasteiger partial charge on any atom is -0.497 e. The van der Waals surface area contributed by atoms with Crippen molar-refractivity contribution in [3.05, 3.63) is 29.8 Å². The highest BCUT2D eigenvalue weighted by molar-refractivity contribution is 6.74. The van der Waals surface area contributed by atoms with Gasteiger partial charge in [-0.15, -0.1) is 0 Å². The molecule has 2 rings (SSSR count). The normalized spacial score (nSPS) is 23.6. The fraction of sp³-hybridized carbons (Fsp3) is 0.714.